The Bertz CT molecular complexity index is 597. The number of hydrogen-bond acceptors (Lipinski definition) is 4. The number of hydrogen-bond donors (Lipinski definition) is 3. The smallest absolute Gasteiger partial charge is 0.407 e. The number of benzene rings is 2. The Kier molecular flexibility index (Phi) is 5.04. The van der Waals surface area contributed by atoms with Gasteiger partial charge in [0, 0.05) is 19.3 Å². The van der Waals surface area contributed by atoms with Crippen molar-refractivity contribution in [1.29, 1.82) is 0 Å². The Morgan fingerprint density at radius 2 is 1.90 bits per heavy atom. The summed E-state index contributed by atoms with van der Waals surface area (Å²) in [6.45, 7) is 0.530. The summed E-state index contributed by atoms with van der Waals surface area (Å²) in [7, 11) is 1.85. The average Bonchev–Trinajstić information content (AvgIpc) is 2.51. The first-order valence-electron chi connectivity index (χ1n) is 6.62. The Labute approximate surface area is 123 Å². The van der Waals surface area contributed by atoms with Gasteiger partial charge in [-0.15, -0.1) is 0 Å². The fraction of sp³-hybridized carbons (Fsp3) is 0.188. The van der Waals surface area contributed by atoms with Gasteiger partial charge in [0.15, 0.2) is 0 Å². The molecule has 5 nitrogen and oxygen atoms in total. The highest BCUT2D eigenvalue weighted by atomic mass is 16.5. The highest BCUT2D eigenvalue weighted by Gasteiger charge is 2.03. The Hall–Kier alpha value is -2.69. The lowest BCUT2D eigenvalue weighted by molar-refractivity contribution is 0.139. The summed E-state index contributed by atoms with van der Waals surface area (Å²) < 4.78 is 5.12. The van der Waals surface area contributed by atoms with Crippen LogP contribution in [0.4, 0.5) is 10.5 Å². The van der Waals surface area contributed by atoms with E-state index < -0.39 is 6.09 Å². The molecule has 5 heteroatoms. The molecule has 0 bridgehead atoms. The van der Waals surface area contributed by atoms with Crippen molar-refractivity contribution >= 4 is 11.8 Å². The van der Waals surface area contributed by atoms with E-state index in [0.29, 0.717) is 6.54 Å². The highest BCUT2D eigenvalue weighted by Crippen LogP contribution is 2.11. The highest BCUT2D eigenvalue weighted by molar-refractivity contribution is 5.67. The quantitative estimate of drug-likeness (QED) is 0.790. The van der Waals surface area contributed by atoms with Crippen LogP contribution in [0.15, 0.2) is 48.5 Å². The number of phenols is 1. The zero-order valence-corrected chi connectivity index (χ0v) is 11.8. The molecular weight excluding hydrogens is 268 g/mol. The van der Waals surface area contributed by atoms with E-state index in [1.54, 1.807) is 18.2 Å². The monoisotopic (exact) mass is 286 g/mol. The summed E-state index contributed by atoms with van der Waals surface area (Å²) in [5, 5.41) is 15.0. The molecule has 0 aliphatic carbocycles. The maximum atomic E-state index is 11.6. The second-order valence-electron chi connectivity index (χ2n) is 4.55. The predicted molar refractivity (Wildman–Crippen MR) is 81.1 cm³/mol. The molecule has 2 aromatic rings. The molecule has 2 rings (SSSR count). The fourth-order valence-corrected chi connectivity index (χ4v) is 1.81. The van der Waals surface area contributed by atoms with Crippen LogP contribution >= 0.6 is 0 Å². The molecule has 0 aliphatic rings. The van der Waals surface area contributed by atoms with Crippen LogP contribution in [0.5, 0.6) is 5.75 Å². The lowest BCUT2D eigenvalue weighted by Crippen LogP contribution is -2.23. The van der Waals surface area contributed by atoms with Crippen molar-refractivity contribution in [2.24, 2.45) is 0 Å². The van der Waals surface area contributed by atoms with E-state index in [1.165, 1.54) is 0 Å². The standard InChI is InChI=1S/C16H18N2O3/c1-17-14-7-5-12(6-8-14)11-21-16(20)18-10-13-3-2-4-15(19)9-13/h2-9,17,19H,10-11H2,1H3,(H,18,20). The Balaban J connectivity index is 1.76. The molecule has 0 atom stereocenters. The average molecular weight is 286 g/mol. The number of aromatic hydroxyl groups is 1. The van der Waals surface area contributed by atoms with Crippen molar-refractivity contribution < 1.29 is 14.6 Å². The van der Waals surface area contributed by atoms with Crippen LogP contribution in [0.1, 0.15) is 11.1 Å². The van der Waals surface area contributed by atoms with Gasteiger partial charge in [-0.25, -0.2) is 4.79 Å². The maximum absolute atomic E-state index is 11.6. The van der Waals surface area contributed by atoms with Crippen molar-refractivity contribution in [2.45, 2.75) is 13.2 Å². The number of phenolic OH excluding ortho intramolecular Hbond substituents is 1. The minimum absolute atomic E-state index is 0.173. The van der Waals surface area contributed by atoms with E-state index in [0.717, 1.165) is 16.8 Å². The minimum atomic E-state index is -0.490. The molecule has 0 unspecified atom stereocenters. The van der Waals surface area contributed by atoms with Gasteiger partial charge < -0.3 is 20.5 Å². The molecule has 0 radical (unpaired) electrons. The molecule has 0 spiro atoms. The van der Waals surface area contributed by atoms with Crippen molar-refractivity contribution in [3.63, 3.8) is 0 Å². The predicted octanol–water partition coefficient (Wildman–Crippen LogP) is 2.86. The summed E-state index contributed by atoms with van der Waals surface area (Å²) >= 11 is 0. The first-order chi connectivity index (χ1) is 10.2. The Morgan fingerprint density at radius 1 is 1.14 bits per heavy atom. The molecule has 0 fully saturated rings. The van der Waals surface area contributed by atoms with Crippen molar-refractivity contribution in [3.05, 3.63) is 59.7 Å². The van der Waals surface area contributed by atoms with E-state index in [2.05, 4.69) is 10.6 Å². The summed E-state index contributed by atoms with van der Waals surface area (Å²) in [5.41, 5.74) is 2.74. The third kappa shape index (κ3) is 4.72. The van der Waals surface area contributed by atoms with Gasteiger partial charge in [-0.3, -0.25) is 0 Å². The number of amides is 1. The number of alkyl carbamates (subject to hydrolysis) is 1. The number of carbonyl (C=O) groups excluding carboxylic acids is 1. The van der Waals surface area contributed by atoms with Crippen LogP contribution in [-0.4, -0.2) is 18.2 Å². The van der Waals surface area contributed by atoms with E-state index in [1.807, 2.05) is 37.4 Å². The van der Waals surface area contributed by atoms with Gasteiger partial charge in [0.2, 0.25) is 0 Å². The number of rotatable bonds is 5. The van der Waals surface area contributed by atoms with Gasteiger partial charge in [-0.2, -0.15) is 0 Å². The summed E-state index contributed by atoms with van der Waals surface area (Å²) in [4.78, 5) is 11.6. The molecule has 3 N–H and O–H groups in total. The molecule has 0 heterocycles. The van der Waals surface area contributed by atoms with Crippen molar-refractivity contribution in [3.8, 4) is 5.75 Å². The van der Waals surface area contributed by atoms with Crippen LogP contribution in [0, 0.1) is 0 Å². The van der Waals surface area contributed by atoms with E-state index in [-0.39, 0.29) is 12.4 Å². The fourth-order valence-electron chi connectivity index (χ4n) is 1.81. The lowest BCUT2D eigenvalue weighted by Gasteiger charge is -2.08. The topological polar surface area (TPSA) is 70.6 Å². The van der Waals surface area contributed by atoms with Gasteiger partial charge in [0.05, 0.1) is 0 Å². The molecule has 0 aromatic heterocycles. The molecule has 0 saturated heterocycles. The van der Waals surface area contributed by atoms with Gasteiger partial charge in [0.25, 0.3) is 0 Å². The third-order valence-corrected chi connectivity index (χ3v) is 2.96. The number of ether oxygens (including phenoxy) is 1. The van der Waals surface area contributed by atoms with Crippen molar-refractivity contribution in [1.82, 2.24) is 5.32 Å². The summed E-state index contributed by atoms with van der Waals surface area (Å²) in [5.74, 6) is 0.173. The van der Waals surface area contributed by atoms with E-state index in [4.69, 9.17) is 4.74 Å². The largest absolute Gasteiger partial charge is 0.508 e. The van der Waals surface area contributed by atoms with Gasteiger partial charge in [-0.1, -0.05) is 24.3 Å². The van der Waals surface area contributed by atoms with Crippen LogP contribution in [0.25, 0.3) is 0 Å². The third-order valence-electron chi connectivity index (χ3n) is 2.96. The molecule has 1 amide bonds. The van der Waals surface area contributed by atoms with Gasteiger partial charge >= 0.3 is 6.09 Å². The zero-order valence-electron chi connectivity index (χ0n) is 11.8. The van der Waals surface area contributed by atoms with Crippen LogP contribution in [0.2, 0.25) is 0 Å². The Morgan fingerprint density at radius 3 is 2.57 bits per heavy atom. The molecule has 0 aliphatic heterocycles. The second-order valence-corrected chi connectivity index (χ2v) is 4.55. The van der Waals surface area contributed by atoms with E-state index in [9.17, 15) is 9.90 Å². The van der Waals surface area contributed by atoms with Gasteiger partial charge in [-0.05, 0) is 35.4 Å². The zero-order chi connectivity index (χ0) is 15.1. The number of carbonyl (C=O) groups is 1. The summed E-state index contributed by atoms with van der Waals surface area (Å²) in [6.07, 6.45) is -0.490. The molecule has 2 aromatic carbocycles. The first kappa shape index (κ1) is 14.7. The molecular formula is C16H18N2O3. The lowest BCUT2D eigenvalue weighted by atomic mass is 10.2. The minimum Gasteiger partial charge on any atom is -0.508 e. The molecule has 21 heavy (non-hydrogen) atoms. The first-order valence-corrected chi connectivity index (χ1v) is 6.62. The van der Waals surface area contributed by atoms with Crippen LogP contribution < -0.4 is 10.6 Å². The second kappa shape index (κ2) is 7.19. The molecule has 0 saturated carbocycles. The molecule has 110 valence electrons. The van der Waals surface area contributed by atoms with Crippen LogP contribution in [-0.2, 0) is 17.9 Å². The van der Waals surface area contributed by atoms with Crippen LogP contribution in [0.3, 0.4) is 0 Å². The van der Waals surface area contributed by atoms with Gasteiger partial charge in [0.1, 0.15) is 12.4 Å². The SMILES string of the molecule is CNc1ccc(COC(=O)NCc2cccc(O)c2)cc1. The number of nitrogens with one attached hydrogen (secondary N) is 2. The maximum Gasteiger partial charge on any atom is 0.407 e. The number of anilines is 1. The van der Waals surface area contributed by atoms with E-state index >= 15 is 0 Å². The van der Waals surface area contributed by atoms with Crippen molar-refractivity contribution in [2.75, 3.05) is 12.4 Å². The normalized spacial score (nSPS) is 9.95. The summed E-state index contributed by atoms with van der Waals surface area (Å²) in [6, 6.07) is 14.3.